The fourth-order valence-corrected chi connectivity index (χ4v) is 3.40. The zero-order valence-corrected chi connectivity index (χ0v) is 11.9. The maximum atomic E-state index is 10.1. The Bertz CT molecular complexity index is 593. The van der Waals surface area contributed by atoms with Gasteiger partial charge in [-0.15, -0.1) is 0 Å². The predicted molar refractivity (Wildman–Crippen MR) is 77.5 cm³/mol. The van der Waals surface area contributed by atoms with Gasteiger partial charge in [-0.1, -0.05) is 24.3 Å². The number of aromatic nitrogens is 3. The summed E-state index contributed by atoms with van der Waals surface area (Å²) in [5.74, 6) is 0.971. The van der Waals surface area contributed by atoms with Crippen molar-refractivity contribution in [3.8, 4) is 0 Å². The van der Waals surface area contributed by atoms with Crippen LogP contribution in [0.1, 0.15) is 36.7 Å². The average Bonchev–Trinajstić information content (AvgIpc) is 2.94. The third-order valence-electron chi connectivity index (χ3n) is 4.48. The molecule has 1 aliphatic carbocycles. The molecule has 1 aromatic carbocycles. The van der Waals surface area contributed by atoms with E-state index >= 15 is 0 Å². The summed E-state index contributed by atoms with van der Waals surface area (Å²) in [5.41, 5.74) is 2.46. The van der Waals surface area contributed by atoms with Gasteiger partial charge in [-0.3, -0.25) is 4.68 Å². The molecule has 3 rings (SSSR count). The topological polar surface area (TPSA) is 50.9 Å². The van der Waals surface area contributed by atoms with E-state index in [0.29, 0.717) is 0 Å². The largest absolute Gasteiger partial charge is 0.395 e. The molecule has 1 atom stereocenters. The van der Waals surface area contributed by atoms with Crippen LogP contribution in [0.15, 0.2) is 30.6 Å². The van der Waals surface area contributed by atoms with Crippen LogP contribution in [0.3, 0.4) is 0 Å². The van der Waals surface area contributed by atoms with Crippen molar-refractivity contribution in [2.75, 3.05) is 6.61 Å². The van der Waals surface area contributed by atoms with Crippen LogP contribution in [0.25, 0.3) is 0 Å². The zero-order valence-electron chi connectivity index (χ0n) is 11.9. The molecule has 4 nitrogen and oxygen atoms in total. The van der Waals surface area contributed by atoms with Gasteiger partial charge in [0.15, 0.2) is 0 Å². The highest BCUT2D eigenvalue weighted by atomic mass is 16.3. The summed E-state index contributed by atoms with van der Waals surface area (Å²) >= 11 is 0. The monoisotopic (exact) mass is 271 g/mol. The van der Waals surface area contributed by atoms with E-state index in [1.807, 2.05) is 4.68 Å². The predicted octanol–water partition coefficient (Wildman–Crippen LogP) is 2.11. The van der Waals surface area contributed by atoms with Gasteiger partial charge >= 0.3 is 0 Å². The van der Waals surface area contributed by atoms with Crippen molar-refractivity contribution in [3.05, 3.63) is 47.5 Å². The molecule has 1 heterocycles. The maximum absolute atomic E-state index is 10.1. The Kier molecular flexibility index (Phi) is 3.57. The van der Waals surface area contributed by atoms with E-state index in [-0.39, 0.29) is 12.0 Å². The lowest BCUT2D eigenvalue weighted by atomic mass is 9.68. The van der Waals surface area contributed by atoms with Crippen LogP contribution in [0, 0.1) is 0 Å². The van der Waals surface area contributed by atoms with E-state index in [4.69, 9.17) is 0 Å². The van der Waals surface area contributed by atoms with Crippen molar-refractivity contribution in [2.45, 2.75) is 44.6 Å². The number of fused-ring (bicyclic) bond motifs is 1. The van der Waals surface area contributed by atoms with Crippen molar-refractivity contribution >= 4 is 0 Å². The minimum Gasteiger partial charge on any atom is -0.395 e. The van der Waals surface area contributed by atoms with Gasteiger partial charge in [0.25, 0.3) is 0 Å². The second-order valence-corrected chi connectivity index (χ2v) is 5.62. The molecular weight excluding hydrogens is 250 g/mol. The molecule has 0 fully saturated rings. The van der Waals surface area contributed by atoms with Crippen molar-refractivity contribution in [3.63, 3.8) is 0 Å². The highest BCUT2D eigenvalue weighted by molar-refractivity contribution is 5.37. The SMILES string of the molecule is CCn1ncnc1CC1(CO)CCCc2ccccc21. The van der Waals surface area contributed by atoms with Crippen LogP contribution < -0.4 is 0 Å². The molecule has 106 valence electrons. The number of aliphatic hydroxyl groups excluding tert-OH is 1. The van der Waals surface area contributed by atoms with E-state index in [1.165, 1.54) is 11.1 Å². The molecule has 20 heavy (non-hydrogen) atoms. The van der Waals surface area contributed by atoms with E-state index in [9.17, 15) is 5.11 Å². The number of benzene rings is 1. The van der Waals surface area contributed by atoms with Crippen molar-refractivity contribution in [1.29, 1.82) is 0 Å². The summed E-state index contributed by atoms with van der Waals surface area (Å²) < 4.78 is 1.93. The fourth-order valence-electron chi connectivity index (χ4n) is 3.40. The Balaban J connectivity index is 2.01. The Morgan fingerprint density at radius 2 is 2.20 bits per heavy atom. The molecule has 0 saturated heterocycles. The van der Waals surface area contributed by atoms with Gasteiger partial charge in [0.1, 0.15) is 12.2 Å². The van der Waals surface area contributed by atoms with Crippen LogP contribution in [-0.2, 0) is 24.8 Å². The lowest BCUT2D eigenvalue weighted by Gasteiger charge is -2.37. The second kappa shape index (κ2) is 5.37. The molecule has 1 aromatic heterocycles. The molecule has 0 amide bonds. The average molecular weight is 271 g/mol. The first-order valence-electron chi connectivity index (χ1n) is 7.35. The fraction of sp³-hybridized carbons (Fsp3) is 0.500. The Morgan fingerprint density at radius 3 is 3.00 bits per heavy atom. The minimum atomic E-state index is -0.200. The van der Waals surface area contributed by atoms with Crippen LogP contribution in [0.5, 0.6) is 0 Å². The number of hydrogen-bond acceptors (Lipinski definition) is 3. The first-order chi connectivity index (χ1) is 9.79. The summed E-state index contributed by atoms with van der Waals surface area (Å²) in [5, 5.41) is 14.3. The van der Waals surface area contributed by atoms with Gasteiger partial charge in [-0.25, -0.2) is 4.98 Å². The van der Waals surface area contributed by atoms with Gasteiger partial charge in [-0.05, 0) is 37.3 Å². The third kappa shape index (κ3) is 2.14. The molecule has 4 heteroatoms. The van der Waals surface area contributed by atoms with Gasteiger partial charge in [0.2, 0.25) is 0 Å². The normalized spacial score (nSPS) is 21.7. The number of rotatable bonds is 4. The Hall–Kier alpha value is -1.68. The van der Waals surface area contributed by atoms with Gasteiger partial charge < -0.3 is 5.11 Å². The number of aliphatic hydroxyl groups is 1. The van der Waals surface area contributed by atoms with E-state index in [2.05, 4.69) is 41.3 Å². The van der Waals surface area contributed by atoms with Crippen molar-refractivity contribution in [2.24, 2.45) is 0 Å². The van der Waals surface area contributed by atoms with E-state index < -0.39 is 0 Å². The lowest BCUT2D eigenvalue weighted by molar-refractivity contribution is 0.169. The van der Waals surface area contributed by atoms with Crippen LogP contribution in [-0.4, -0.2) is 26.5 Å². The lowest BCUT2D eigenvalue weighted by Crippen LogP contribution is -2.38. The molecule has 2 aromatic rings. The molecule has 0 aliphatic heterocycles. The Morgan fingerprint density at radius 1 is 1.35 bits per heavy atom. The summed E-state index contributed by atoms with van der Waals surface area (Å²) in [4.78, 5) is 4.39. The maximum Gasteiger partial charge on any atom is 0.138 e. The standard InChI is InChI=1S/C16H21N3O/c1-2-19-15(17-12-18-19)10-16(11-20)9-5-7-13-6-3-4-8-14(13)16/h3-4,6,8,12,20H,2,5,7,9-11H2,1H3. The zero-order chi connectivity index (χ0) is 14.0. The quantitative estimate of drug-likeness (QED) is 0.926. The summed E-state index contributed by atoms with van der Waals surface area (Å²) in [6.45, 7) is 3.05. The molecular formula is C16H21N3O. The van der Waals surface area contributed by atoms with E-state index in [0.717, 1.165) is 38.1 Å². The molecule has 0 bridgehead atoms. The summed E-state index contributed by atoms with van der Waals surface area (Å²) in [6, 6.07) is 8.50. The van der Waals surface area contributed by atoms with Gasteiger partial charge in [0, 0.05) is 18.4 Å². The summed E-state index contributed by atoms with van der Waals surface area (Å²) in [7, 11) is 0. The second-order valence-electron chi connectivity index (χ2n) is 5.62. The molecule has 1 unspecified atom stereocenters. The smallest absolute Gasteiger partial charge is 0.138 e. The molecule has 1 N–H and O–H groups in total. The van der Waals surface area contributed by atoms with Crippen molar-refractivity contribution < 1.29 is 5.11 Å². The highest BCUT2D eigenvalue weighted by Crippen LogP contribution is 2.39. The number of hydrogen-bond donors (Lipinski definition) is 1. The van der Waals surface area contributed by atoms with Gasteiger partial charge in [0.05, 0.1) is 6.61 Å². The molecule has 1 aliphatic rings. The van der Waals surface area contributed by atoms with Gasteiger partial charge in [-0.2, -0.15) is 5.10 Å². The number of aryl methyl sites for hydroxylation is 2. The molecule has 0 saturated carbocycles. The highest BCUT2D eigenvalue weighted by Gasteiger charge is 2.37. The number of nitrogens with zero attached hydrogens (tertiary/aromatic N) is 3. The van der Waals surface area contributed by atoms with Crippen LogP contribution in [0.2, 0.25) is 0 Å². The van der Waals surface area contributed by atoms with E-state index in [1.54, 1.807) is 6.33 Å². The van der Waals surface area contributed by atoms with Crippen molar-refractivity contribution in [1.82, 2.24) is 14.8 Å². The Labute approximate surface area is 119 Å². The van der Waals surface area contributed by atoms with Crippen LogP contribution >= 0.6 is 0 Å². The molecule has 0 spiro atoms. The first kappa shape index (κ1) is 13.3. The summed E-state index contributed by atoms with van der Waals surface area (Å²) in [6.07, 6.45) is 5.61. The third-order valence-corrected chi connectivity index (χ3v) is 4.48. The molecule has 0 radical (unpaired) electrons. The first-order valence-corrected chi connectivity index (χ1v) is 7.35. The van der Waals surface area contributed by atoms with Crippen LogP contribution in [0.4, 0.5) is 0 Å². The minimum absolute atomic E-state index is 0.167.